The number of fused-ring (bicyclic) bond motifs is 1. The van der Waals surface area contributed by atoms with Crippen molar-refractivity contribution in [1.29, 1.82) is 0 Å². The molecular formula is C9H7F3N2O3. The summed E-state index contributed by atoms with van der Waals surface area (Å²) in [6.45, 7) is 0.635. The van der Waals surface area contributed by atoms with Gasteiger partial charge in [-0.3, -0.25) is 14.4 Å². The lowest BCUT2D eigenvalue weighted by atomic mass is 10.3. The summed E-state index contributed by atoms with van der Waals surface area (Å²) in [6.07, 6.45) is -3.52. The van der Waals surface area contributed by atoms with Gasteiger partial charge in [0.25, 0.3) is 5.56 Å². The average Bonchev–Trinajstić information content (AvgIpc) is 2.66. The number of aromatic nitrogens is 1. The van der Waals surface area contributed by atoms with Gasteiger partial charge in [0, 0.05) is 11.8 Å². The van der Waals surface area contributed by atoms with E-state index in [4.69, 9.17) is 9.90 Å². The van der Waals surface area contributed by atoms with Gasteiger partial charge in [0.1, 0.15) is 0 Å². The molecule has 0 fully saturated rings. The minimum atomic E-state index is -5.08. The Morgan fingerprint density at radius 3 is 2.47 bits per heavy atom. The molecular weight excluding hydrogens is 241 g/mol. The molecule has 0 spiro atoms. The van der Waals surface area contributed by atoms with Crippen molar-refractivity contribution in [2.45, 2.75) is 12.7 Å². The van der Waals surface area contributed by atoms with E-state index in [-0.39, 0.29) is 5.56 Å². The molecule has 92 valence electrons. The van der Waals surface area contributed by atoms with E-state index in [0.717, 1.165) is 5.69 Å². The van der Waals surface area contributed by atoms with Crippen LogP contribution in [-0.4, -0.2) is 28.2 Å². The minimum absolute atomic E-state index is 0.00116. The van der Waals surface area contributed by atoms with E-state index in [1.807, 2.05) is 6.07 Å². The number of carboxylic acids is 1. The molecule has 0 bridgehead atoms. The molecule has 1 N–H and O–H groups in total. The molecule has 1 aliphatic heterocycles. The number of nitrogens with zero attached hydrogens (tertiary/aromatic N) is 2. The molecule has 17 heavy (non-hydrogen) atoms. The highest BCUT2D eigenvalue weighted by molar-refractivity contribution is 5.73. The number of rotatable bonds is 0. The van der Waals surface area contributed by atoms with E-state index in [2.05, 4.69) is 4.99 Å². The summed E-state index contributed by atoms with van der Waals surface area (Å²) in [7, 11) is 0. The maximum Gasteiger partial charge on any atom is 0.490 e. The van der Waals surface area contributed by atoms with Crippen molar-refractivity contribution in [1.82, 2.24) is 4.57 Å². The van der Waals surface area contributed by atoms with Crippen LogP contribution in [0.15, 0.2) is 28.0 Å². The van der Waals surface area contributed by atoms with Gasteiger partial charge < -0.3 is 5.11 Å². The molecule has 0 radical (unpaired) electrons. The molecule has 0 aliphatic carbocycles. The van der Waals surface area contributed by atoms with Crippen molar-refractivity contribution in [2.75, 3.05) is 0 Å². The topological polar surface area (TPSA) is 71.7 Å². The first-order valence-electron chi connectivity index (χ1n) is 4.33. The molecule has 2 heterocycles. The fraction of sp³-hybridized carbons (Fsp3) is 0.222. The number of aliphatic carboxylic acids is 1. The lowest BCUT2D eigenvalue weighted by Crippen LogP contribution is -2.21. The third-order valence-electron chi connectivity index (χ3n) is 1.77. The Morgan fingerprint density at radius 2 is 2.00 bits per heavy atom. The van der Waals surface area contributed by atoms with Crippen LogP contribution >= 0.6 is 0 Å². The van der Waals surface area contributed by atoms with Crippen LogP contribution in [0.3, 0.4) is 0 Å². The molecule has 1 aromatic heterocycles. The zero-order valence-corrected chi connectivity index (χ0v) is 8.31. The first-order valence-corrected chi connectivity index (χ1v) is 4.33. The molecule has 1 aliphatic rings. The predicted octanol–water partition coefficient (Wildman–Crippen LogP) is 0.872. The maximum atomic E-state index is 11.0. The van der Waals surface area contributed by atoms with Gasteiger partial charge >= 0.3 is 12.1 Å². The smallest absolute Gasteiger partial charge is 0.475 e. The number of alkyl halides is 3. The Morgan fingerprint density at radius 1 is 1.41 bits per heavy atom. The molecule has 0 unspecified atom stereocenters. The first-order chi connectivity index (χ1) is 7.82. The van der Waals surface area contributed by atoms with Crippen LogP contribution in [-0.2, 0) is 11.3 Å². The molecule has 0 amide bonds. The van der Waals surface area contributed by atoms with Crippen molar-refractivity contribution in [3.63, 3.8) is 0 Å². The van der Waals surface area contributed by atoms with Gasteiger partial charge in [0.15, 0.2) is 0 Å². The summed E-state index contributed by atoms with van der Waals surface area (Å²) in [5, 5.41) is 7.12. The largest absolute Gasteiger partial charge is 0.490 e. The molecule has 1 aromatic rings. The summed E-state index contributed by atoms with van der Waals surface area (Å²) < 4.78 is 33.3. The quantitative estimate of drug-likeness (QED) is 0.740. The fourth-order valence-corrected chi connectivity index (χ4v) is 1.02. The van der Waals surface area contributed by atoms with E-state index < -0.39 is 12.1 Å². The highest BCUT2D eigenvalue weighted by Gasteiger charge is 2.38. The van der Waals surface area contributed by atoms with E-state index >= 15 is 0 Å². The van der Waals surface area contributed by atoms with Crippen molar-refractivity contribution < 1.29 is 23.1 Å². The molecule has 0 saturated carbocycles. The second-order valence-corrected chi connectivity index (χ2v) is 2.98. The minimum Gasteiger partial charge on any atom is -0.475 e. The van der Waals surface area contributed by atoms with Gasteiger partial charge in [-0.1, -0.05) is 6.07 Å². The molecule has 5 nitrogen and oxygen atoms in total. The summed E-state index contributed by atoms with van der Waals surface area (Å²) in [6, 6.07) is 5.18. The average molecular weight is 248 g/mol. The van der Waals surface area contributed by atoms with Crippen molar-refractivity contribution in [2.24, 2.45) is 4.99 Å². The SMILES string of the molecule is O=C(O)C(F)(F)F.O=c1cccc2n1C=NC2. The first kappa shape index (κ1) is 12.9. The number of carboxylic acid groups (broad SMARTS) is 1. The summed E-state index contributed by atoms with van der Waals surface area (Å²) >= 11 is 0. The Kier molecular flexibility index (Phi) is 3.66. The van der Waals surface area contributed by atoms with E-state index in [1.165, 1.54) is 6.07 Å². The van der Waals surface area contributed by atoms with Crippen LogP contribution in [0.5, 0.6) is 0 Å². The van der Waals surface area contributed by atoms with Crippen LogP contribution < -0.4 is 5.56 Å². The number of hydrogen-bond acceptors (Lipinski definition) is 3. The molecule has 0 aromatic carbocycles. The van der Waals surface area contributed by atoms with E-state index in [9.17, 15) is 18.0 Å². The normalized spacial score (nSPS) is 12.6. The molecule has 2 rings (SSSR count). The maximum absolute atomic E-state index is 11.0. The number of carbonyl (C=O) groups is 1. The van der Waals surface area contributed by atoms with E-state index in [1.54, 1.807) is 17.0 Å². The second kappa shape index (κ2) is 4.81. The highest BCUT2D eigenvalue weighted by atomic mass is 19.4. The van der Waals surface area contributed by atoms with Gasteiger partial charge in [-0.05, 0) is 6.07 Å². The molecule has 0 saturated heterocycles. The van der Waals surface area contributed by atoms with Crippen LogP contribution in [0.4, 0.5) is 13.2 Å². The number of pyridine rings is 1. The fourth-order valence-electron chi connectivity index (χ4n) is 1.02. The van der Waals surface area contributed by atoms with Gasteiger partial charge in [-0.2, -0.15) is 13.2 Å². The van der Waals surface area contributed by atoms with Gasteiger partial charge in [-0.15, -0.1) is 0 Å². The molecule has 0 atom stereocenters. The highest BCUT2D eigenvalue weighted by Crippen LogP contribution is 2.13. The Labute approximate surface area is 92.8 Å². The summed E-state index contributed by atoms with van der Waals surface area (Å²) in [5.41, 5.74) is 0.964. The number of hydrogen-bond donors (Lipinski definition) is 1. The third kappa shape index (κ3) is 3.44. The zero-order chi connectivity index (χ0) is 13.1. The van der Waals surface area contributed by atoms with E-state index in [0.29, 0.717) is 6.54 Å². The van der Waals surface area contributed by atoms with Gasteiger partial charge in [0.05, 0.1) is 12.9 Å². The van der Waals surface area contributed by atoms with Crippen LogP contribution in [0.1, 0.15) is 5.69 Å². The van der Waals surface area contributed by atoms with Crippen molar-refractivity contribution >= 4 is 12.3 Å². The summed E-state index contributed by atoms with van der Waals surface area (Å²) in [4.78, 5) is 23.8. The lowest BCUT2D eigenvalue weighted by molar-refractivity contribution is -0.192. The van der Waals surface area contributed by atoms with Gasteiger partial charge in [0.2, 0.25) is 0 Å². The Balaban J connectivity index is 0.000000185. The number of halogens is 3. The second-order valence-electron chi connectivity index (χ2n) is 2.98. The Bertz CT molecular complexity index is 505. The summed E-state index contributed by atoms with van der Waals surface area (Å²) in [5.74, 6) is -2.76. The predicted molar refractivity (Wildman–Crippen MR) is 52.0 cm³/mol. The van der Waals surface area contributed by atoms with Crippen molar-refractivity contribution in [3.8, 4) is 0 Å². The van der Waals surface area contributed by atoms with Crippen LogP contribution in [0.25, 0.3) is 0 Å². The lowest BCUT2D eigenvalue weighted by Gasteiger charge is -1.95. The van der Waals surface area contributed by atoms with Gasteiger partial charge in [-0.25, -0.2) is 4.79 Å². The third-order valence-corrected chi connectivity index (χ3v) is 1.77. The Hall–Kier alpha value is -2.12. The zero-order valence-electron chi connectivity index (χ0n) is 8.31. The standard InChI is InChI=1S/C7H6N2O.C2HF3O2/c10-7-3-1-2-6-4-8-5-9(6)7;3-2(4,5)1(6)7/h1-3,5H,4H2;(H,6,7). The van der Waals surface area contributed by atoms with Crippen LogP contribution in [0.2, 0.25) is 0 Å². The number of aliphatic imine (C=N–C) groups is 1. The van der Waals surface area contributed by atoms with Crippen LogP contribution in [0, 0.1) is 0 Å². The van der Waals surface area contributed by atoms with Crippen molar-refractivity contribution in [3.05, 3.63) is 34.2 Å². The molecule has 8 heteroatoms. The monoisotopic (exact) mass is 248 g/mol.